The zero-order chi connectivity index (χ0) is 9.76. The number of hydrogen-bond donors (Lipinski definition) is 1. The van der Waals surface area contributed by atoms with Gasteiger partial charge in [0, 0.05) is 23.5 Å². The van der Waals surface area contributed by atoms with E-state index in [1.54, 1.807) is 0 Å². The van der Waals surface area contributed by atoms with Crippen molar-refractivity contribution in [3.8, 4) is 0 Å². The normalized spacial score (nSPS) is 28.6. The molecule has 0 bridgehead atoms. The molecular weight excluding hydrogens is 172 g/mol. The zero-order valence-electron chi connectivity index (χ0n) is 8.79. The lowest BCUT2D eigenvalue weighted by Crippen LogP contribution is -2.21. The Labute approximate surface area is 85.1 Å². The van der Waals surface area contributed by atoms with Crippen molar-refractivity contribution in [3.05, 3.63) is 23.5 Å². The number of aromatic nitrogens is 1. The van der Waals surface area contributed by atoms with Gasteiger partial charge in [-0.05, 0) is 50.7 Å². The maximum Gasteiger partial charge on any atom is 0.0416 e. The van der Waals surface area contributed by atoms with Crippen molar-refractivity contribution >= 4 is 0 Å². The van der Waals surface area contributed by atoms with Gasteiger partial charge in [0.25, 0.3) is 0 Å². The third-order valence-electron chi connectivity index (χ3n) is 3.91. The molecule has 0 amide bonds. The smallest absolute Gasteiger partial charge is 0.0416 e. The maximum atomic E-state index is 6.11. The van der Waals surface area contributed by atoms with Gasteiger partial charge in [-0.1, -0.05) is 0 Å². The van der Waals surface area contributed by atoms with E-state index in [1.807, 2.05) is 0 Å². The number of rotatable bonds is 1. The average molecular weight is 190 g/mol. The van der Waals surface area contributed by atoms with Gasteiger partial charge in [-0.25, -0.2) is 0 Å². The second-order valence-electron chi connectivity index (χ2n) is 5.08. The van der Waals surface area contributed by atoms with Crippen LogP contribution in [-0.2, 0) is 12.0 Å². The Morgan fingerprint density at radius 1 is 1.50 bits per heavy atom. The van der Waals surface area contributed by atoms with E-state index in [0.29, 0.717) is 11.6 Å². The predicted molar refractivity (Wildman–Crippen MR) is 57.2 cm³/mol. The van der Waals surface area contributed by atoms with Gasteiger partial charge in [-0.15, -0.1) is 0 Å². The summed E-state index contributed by atoms with van der Waals surface area (Å²) in [4.78, 5) is 0. The van der Waals surface area contributed by atoms with E-state index < -0.39 is 0 Å². The van der Waals surface area contributed by atoms with Crippen LogP contribution in [-0.4, -0.2) is 4.57 Å². The zero-order valence-corrected chi connectivity index (χ0v) is 8.79. The summed E-state index contributed by atoms with van der Waals surface area (Å²) in [6.45, 7) is 2.35. The Balaban J connectivity index is 2.07. The first-order chi connectivity index (χ1) is 6.71. The second kappa shape index (κ2) is 2.63. The van der Waals surface area contributed by atoms with Crippen molar-refractivity contribution in [2.75, 3.05) is 0 Å². The highest BCUT2D eigenvalue weighted by Gasteiger charge is 2.41. The topological polar surface area (TPSA) is 30.9 Å². The Bertz CT molecular complexity index is 360. The van der Waals surface area contributed by atoms with Gasteiger partial charge in [0.1, 0.15) is 0 Å². The first kappa shape index (κ1) is 8.54. The molecule has 3 rings (SSSR count). The van der Waals surface area contributed by atoms with Crippen LogP contribution in [0.25, 0.3) is 0 Å². The van der Waals surface area contributed by atoms with Crippen molar-refractivity contribution in [2.45, 2.75) is 50.6 Å². The third kappa shape index (κ3) is 1.07. The van der Waals surface area contributed by atoms with Gasteiger partial charge in [0.05, 0.1) is 0 Å². The van der Waals surface area contributed by atoms with Gasteiger partial charge >= 0.3 is 0 Å². The van der Waals surface area contributed by atoms with Crippen molar-refractivity contribution in [2.24, 2.45) is 5.73 Å². The highest BCUT2D eigenvalue weighted by atomic mass is 15.1. The fraction of sp³-hybridized carbons (Fsp3) is 0.667. The largest absolute Gasteiger partial charge is 0.345 e. The van der Waals surface area contributed by atoms with Crippen molar-refractivity contribution in [1.29, 1.82) is 0 Å². The van der Waals surface area contributed by atoms with E-state index in [9.17, 15) is 0 Å². The van der Waals surface area contributed by atoms with Gasteiger partial charge in [0.15, 0.2) is 0 Å². The van der Waals surface area contributed by atoms with Crippen LogP contribution in [0.4, 0.5) is 0 Å². The highest BCUT2D eigenvalue weighted by Crippen LogP contribution is 2.45. The molecule has 0 aromatic carbocycles. The molecule has 1 fully saturated rings. The van der Waals surface area contributed by atoms with Gasteiger partial charge in [0.2, 0.25) is 0 Å². The molecule has 1 atom stereocenters. The Morgan fingerprint density at radius 3 is 3.00 bits per heavy atom. The molecule has 1 unspecified atom stereocenters. The van der Waals surface area contributed by atoms with Gasteiger partial charge in [-0.2, -0.15) is 0 Å². The van der Waals surface area contributed by atoms with Crippen LogP contribution in [0.5, 0.6) is 0 Å². The lowest BCUT2D eigenvalue weighted by atomic mass is 9.93. The molecule has 0 radical (unpaired) electrons. The predicted octanol–water partition coefficient (Wildman–Crippen LogP) is 2.33. The number of hydrogen-bond acceptors (Lipinski definition) is 1. The van der Waals surface area contributed by atoms with E-state index in [-0.39, 0.29) is 0 Å². The quantitative estimate of drug-likeness (QED) is 0.724. The molecule has 2 N–H and O–H groups in total. The fourth-order valence-corrected chi connectivity index (χ4v) is 2.65. The molecule has 2 heteroatoms. The van der Waals surface area contributed by atoms with E-state index in [2.05, 4.69) is 23.8 Å². The van der Waals surface area contributed by atoms with Crippen LogP contribution in [0, 0.1) is 0 Å². The Hall–Kier alpha value is -0.760. The van der Waals surface area contributed by atoms with Crippen molar-refractivity contribution in [3.63, 3.8) is 0 Å². The Morgan fingerprint density at radius 2 is 2.29 bits per heavy atom. The number of nitrogens with zero attached hydrogens (tertiary/aromatic N) is 1. The van der Waals surface area contributed by atoms with Crippen LogP contribution in [0.3, 0.4) is 0 Å². The molecule has 2 aliphatic rings. The molecule has 0 aliphatic heterocycles. The van der Waals surface area contributed by atoms with E-state index >= 15 is 0 Å². The molecule has 0 spiro atoms. The minimum Gasteiger partial charge on any atom is -0.345 e. The Kier molecular flexibility index (Phi) is 1.61. The molecule has 0 saturated heterocycles. The molecule has 2 aliphatic carbocycles. The van der Waals surface area contributed by atoms with E-state index in [0.717, 1.165) is 6.42 Å². The summed E-state index contributed by atoms with van der Waals surface area (Å²) in [5.41, 5.74) is 9.47. The summed E-state index contributed by atoms with van der Waals surface area (Å²) in [5.74, 6) is 0. The maximum absolute atomic E-state index is 6.11. The summed E-state index contributed by atoms with van der Waals surface area (Å²) in [6.07, 6.45) is 8.57. The molecule has 1 heterocycles. The van der Waals surface area contributed by atoms with Gasteiger partial charge < -0.3 is 10.3 Å². The lowest BCUT2D eigenvalue weighted by Gasteiger charge is -2.23. The highest BCUT2D eigenvalue weighted by molar-refractivity contribution is 5.30. The van der Waals surface area contributed by atoms with Crippen molar-refractivity contribution in [1.82, 2.24) is 4.57 Å². The second-order valence-corrected chi connectivity index (χ2v) is 5.08. The molecule has 1 aromatic heterocycles. The standard InChI is InChI=1S/C12H18N2/c1-12(6-7-12)14-8-5-9-10(13)3-2-4-11(9)14/h5,8,10H,2-4,6-7,13H2,1H3. The molecule has 76 valence electrons. The summed E-state index contributed by atoms with van der Waals surface area (Å²) < 4.78 is 2.49. The summed E-state index contributed by atoms with van der Waals surface area (Å²) in [6, 6.07) is 2.53. The van der Waals surface area contributed by atoms with Crippen LogP contribution in [0.15, 0.2) is 12.3 Å². The van der Waals surface area contributed by atoms with E-state index in [4.69, 9.17) is 5.73 Å². The molecule has 1 aromatic rings. The molecule has 14 heavy (non-hydrogen) atoms. The number of nitrogens with two attached hydrogens (primary N) is 1. The lowest BCUT2D eigenvalue weighted by molar-refractivity contribution is 0.479. The number of fused-ring (bicyclic) bond motifs is 1. The fourth-order valence-electron chi connectivity index (χ4n) is 2.65. The molecular formula is C12H18N2. The summed E-state index contributed by atoms with van der Waals surface area (Å²) in [7, 11) is 0. The molecule has 2 nitrogen and oxygen atoms in total. The van der Waals surface area contributed by atoms with Crippen LogP contribution in [0.2, 0.25) is 0 Å². The van der Waals surface area contributed by atoms with Crippen LogP contribution in [0.1, 0.15) is 49.9 Å². The first-order valence-corrected chi connectivity index (χ1v) is 5.67. The van der Waals surface area contributed by atoms with Crippen molar-refractivity contribution < 1.29 is 0 Å². The monoisotopic (exact) mass is 190 g/mol. The minimum atomic E-state index is 0.294. The average Bonchev–Trinajstić information content (AvgIpc) is 2.77. The third-order valence-corrected chi connectivity index (χ3v) is 3.91. The van der Waals surface area contributed by atoms with Crippen LogP contribution < -0.4 is 5.73 Å². The summed E-state index contributed by atoms with van der Waals surface area (Å²) in [5, 5.41) is 0. The SMILES string of the molecule is CC1(n2ccc3c2CCCC3N)CC1. The first-order valence-electron chi connectivity index (χ1n) is 5.67. The van der Waals surface area contributed by atoms with E-state index in [1.165, 1.54) is 36.9 Å². The molecule has 1 saturated carbocycles. The minimum absolute atomic E-state index is 0.294. The van der Waals surface area contributed by atoms with Gasteiger partial charge in [-0.3, -0.25) is 0 Å². The summed E-state index contributed by atoms with van der Waals surface area (Å²) >= 11 is 0. The van der Waals surface area contributed by atoms with Crippen LogP contribution >= 0.6 is 0 Å².